The standard InChI is InChI=1S/C23H24N4O7S/c1-13-20(23(29)30)25-27(2)22(13)34-18-11-10-15(12-19(18)35(31,32)26-14-8-9-14)24-21(28)16-6-4-5-7-17(16)33-3/h4-7,10-12,14,26H,8-9H2,1-3H3,(H,24,28)(H,29,30). The summed E-state index contributed by atoms with van der Waals surface area (Å²) in [6, 6.07) is 10.6. The van der Waals surface area contributed by atoms with Crippen molar-refractivity contribution in [3.05, 3.63) is 59.3 Å². The largest absolute Gasteiger partial charge is 0.496 e. The second kappa shape index (κ2) is 9.39. The second-order valence-corrected chi connectivity index (χ2v) is 9.70. The van der Waals surface area contributed by atoms with Crippen molar-refractivity contribution in [3.8, 4) is 17.4 Å². The molecule has 1 amide bonds. The van der Waals surface area contributed by atoms with Gasteiger partial charge in [0.1, 0.15) is 16.4 Å². The molecule has 1 aliphatic carbocycles. The van der Waals surface area contributed by atoms with Crippen LogP contribution in [0.25, 0.3) is 0 Å². The number of aryl methyl sites for hydroxylation is 1. The van der Waals surface area contributed by atoms with Gasteiger partial charge in [0, 0.05) is 24.3 Å². The number of hydrogen-bond donors (Lipinski definition) is 3. The predicted molar refractivity (Wildman–Crippen MR) is 126 cm³/mol. The Bertz CT molecular complexity index is 1410. The molecule has 0 saturated heterocycles. The number of benzene rings is 2. The highest BCUT2D eigenvalue weighted by Gasteiger charge is 2.31. The van der Waals surface area contributed by atoms with Crippen molar-refractivity contribution in [1.82, 2.24) is 14.5 Å². The average molecular weight is 501 g/mol. The zero-order chi connectivity index (χ0) is 25.3. The van der Waals surface area contributed by atoms with E-state index >= 15 is 0 Å². The molecule has 0 aliphatic heterocycles. The van der Waals surface area contributed by atoms with E-state index in [1.807, 2.05) is 0 Å². The Morgan fingerprint density at radius 3 is 2.49 bits per heavy atom. The smallest absolute Gasteiger partial charge is 0.356 e. The normalized spacial score (nSPS) is 13.3. The number of carbonyl (C=O) groups is 2. The van der Waals surface area contributed by atoms with E-state index in [9.17, 15) is 23.1 Å². The summed E-state index contributed by atoms with van der Waals surface area (Å²) < 4.78 is 41.2. The van der Waals surface area contributed by atoms with Crippen LogP contribution >= 0.6 is 0 Å². The van der Waals surface area contributed by atoms with E-state index in [1.54, 1.807) is 24.3 Å². The van der Waals surface area contributed by atoms with Gasteiger partial charge in [-0.3, -0.25) is 4.79 Å². The first-order chi connectivity index (χ1) is 16.6. The quantitative estimate of drug-likeness (QED) is 0.406. The minimum Gasteiger partial charge on any atom is -0.496 e. The van der Waals surface area contributed by atoms with Gasteiger partial charge >= 0.3 is 5.97 Å². The van der Waals surface area contributed by atoms with E-state index in [0.29, 0.717) is 5.75 Å². The van der Waals surface area contributed by atoms with Crippen LogP contribution in [-0.4, -0.2) is 48.3 Å². The number of aromatic carboxylic acids is 1. The number of anilines is 1. The Balaban J connectivity index is 1.71. The van der Waals surface area contributed by atoms with Crippen LogP contribution in [0.4, 0.5) is 5.69 Å². The Morgan fingerprint density at radius 2 is 1.86 bits per heavy atom. The molecule has 11 nitrogen and oxygen atoms in total. The molecule has 1 fully saturated rings. The lowest BCUT2D eigenvalue weighted by atomic mass is 10.2. The van der Waals surface area contributed by atoms with Crippen molar-refractivity contribution in [2.45, 2.75) is 30.7 Å². The molecule has 1 saturated carbocycles. The molecule has 1 aliphatic rings. The fourth-order valence-electron chi connectivity index (χ4n) is 3.46. The fraction of sp³-hybridized carbons (Fsp3) is 0.261. The molecule has 184 valence electrons. The third-order valence-corrected chi connectivity index (χ3v) is 6.91. The summed E-state index contributed by atoms with van der Waals surface area (Å²) in [5.41, 5.74) is 0.538. The van der Waals surface area contributed by atoms with E-state index in [-0.39, 0.29) is 45.1 Å². The number of ether oxygens (including phenoxy) is 2. The Hall–Kier alpha value is -3.90. The molecule has 0 spiro atoms. The highest BCUT2D eigenvalue weighted by molar-refractivity contribution is 7.89. The number of carbonyl (C=O) groups excluding carboxylic acids is 1. The summed E-state index contributed by atoms with van der Waals surface area (Å²) in [4.78, 5) is 24.0. The molecule has 0 bridgehead atoms. The van der Waals surface area contributed by atoms with Crippen molar-refractivity contribution in [1.29, 1.82) is 0 Å². The molecule has 3 N–H and O–H groups in total. The molecule has 1 aromatic heterocycles. The van der Waals surface area contributed by atoms with Gasteiger partial charge in [-0.1, -0.05) is 12.1 Å². The van der Waals surface area contributed by atoms with Crippen LogP contribution < -0.4 is 19.5 Å². The van der Waals surface area contributed by atoms with Crippen molar-refractivity contribution >= 4 is 27.6 Å². The van der Waals surface area contributed by atoms with Crippen LogP contribution in [0.2, 0.25) is 0 Å². The monoisotopic (exact) mass is 500 g/mol. The molecule has 4 rings (SSSR count). The first-order valence-corrected chi connectivity index (χ1v) is 12.1. The molecular formula is C23H24N4O7S. The number of carboxylic acids is 1. The van der Waals surface area contributed by atoms with E-state index in [0.717, 1.165) is 12.8 Å². The predicted octanol–water partition coefficient (Wildman–Crippen LogP) is 2.92. The average Bonchev–Trinajstić information content (AvgIpc) is 3.58. The van der Waals surface area contributed by atoms with Gasteiger partial charge < -0.3 is 19.9 Å². The van der Waals surface area contributed by atoms with Gasteiger partial charge in [-0.2, -0.15) is 5.10 Å². The second-order valence-electron chi connectivity index (χ2n) is 8.02. The number of amides is 1. The summed E-state index contributed by atoms with van der Waals surface area (Å²) in [7, 11) is -1.08. The molecule has 3 aromatic rings. The maximum absolute atomic E-state index is 13.1. The number of aromatic nitrogens is 2. The summed E-state index contributed by atoms with van der Waals surface area (Å²) in [5.74, 6) is -1.31. The molecule has 35 heavy (non-hydrogen) atoms. The summed E-state index contributed by atoms with van der Waals surface area (Å²) in [6.07, 6.45) is 1.45. The van der Waals surface area contributed by atoms with Crippen molar-refractivity contribution < 1.29 is 32.6 Å². The molecule has 0 unspecified atom stereocenters. The number of methoxy groups -OCH3 is 1. The highest BCUT2D eigenvalue weighted by atomic mass is 32.2. The van der Waals surface area contributed by atoms with Crippen LogP contribution in [0.3, 0.4) is 0 Å². The zero-order valence-corrected chi connectivity index (χ0v) is 20.0. The van der Waals surface area contributed by atoms with Crippen LogP contribution in [0, 0.1) is 6.92 Å². The van der Waals surface area contributed by atoms with Gasteiger partial charge in [0.25, 0.3) is 5.91 Å². The number of hydrogen-bond acceptors (Lipinski definition) is 7. The number of carboxylic acid groups (broad SMARTS) is 1. The summed E-state index contributed by atoms with van der Waals surface area (Å²) >= 11 is 0. The first-order valence-electron chi connectivity index (χ1n) is 10.7. The molecular weight excluding hydrogens is 476 g/mol. The molecule has 0 radical (unpaired) electrons. The first kappa shape index (κ1) is 24.2. The van der Waals surface area contributed by atoms with Crippen molar-refractivity contribution in [3.63, 3.8) is 0 Å². The molecule has 12 heteroatoms. The van der Waals surface area contributed by atoms with Crippen LogP contribution in [0.1, 0.15) is 39.3 Å². The van der Waals surface area contributed by atoms with E-state index in [1.165, 1.54) is 44.0 Å². The SMILES string of the molecule is COc1ccccc1C(=O)Nc1ccc(Oc2c(C)c(C(=O)O)nn2C)c(S(=O)(=O)NC2CC2)c1. The Labute approximate surface area is 201 Å². The number of rotatable bonds is 9. The van der Waals surface area contributed by atoms with Crippen LogP contribution in [0.5, 0.6) is 17.4 Å². The Morgan fingerprint density at radius 1 is 1.14 bits per heavy atom. The minimum atomic E-state index is -4.02. The third kappa shape index (κ3) is 5.12. The van der Waals surface area contributed by atoms with Crippen molar-refractivity contribution in [2.75, 3.05) is 12.4 Å². The molecule has 1 heterocycles. The Kier molecular flexibility index (Phi) is 6.50. The minimum absolute atomic E-state index is 0.0449. The van der Waals surface area contributed by atoms with E-state index < -0.39 is 21.9 Å². The molecule has 0 atom stereocenters. The number of para-hydroxylation sites is 1. The van der Waals surface area contributed by atoms with Gasteiger partial charge in [0.15, 0.2) is 5.69 Å². The third-order valence-electron chi connectivity index (χ3n) is 5.37. The lowest BCUT2D eigenvalue weighted by molar-refractivity contribution is 0.0688. The summed E-state index contributed by atoms with van der Waals surface area (Å²) in [5, 5.41) is 15.9. The van der Waals surface area contributed by atoms with Gasteiger partial charge in [-0.25, -0.2) is 22.6 Å². The molecule has 2 aromatic carbocycles. The number of nitrogens with one attached hydrogen (secondary N) is 2. The maximum atomic E-state index is 13.1. The van der Waals surface area contributed by atoms with E-state index in [4.69, 9.17) is 9.47 Å². The fourth-order valence-corrected chi connectivity index (χ4v) is 4.92. The van der Waals surface area contributed by atoms with Gasteiger partial charge in [0.05, 0.1) is 12.7 Å². The zero-order valence-electron chi connectivity index (χ0n) is 19.2. The van der Waals surface area contributed by atoms with Gasteiger partial charge in [-0.15, -0.1) is 0 Å². The topological polar surface area (TPSA) is 149 Å². The van der Waals surface area contributed by atoms with Crippen LogP contribution in [0.15, 0.2) is 47.4 Å². The van der Waals surface area contributed by atoms with E-state index in [2.05, 4.69) is 15.1 Å². The number of nitrogens with zero attached hydrogens (tertiary/aromatic N) is 2. The maximum Gasteiger partial charge on any atom is 0.356 e. The van der Waals surface area contributed by atoms with Crippen LogP contribution in [-0.2, 0) is 17.1 Å². The highest BCUT2D eigenvalue weighted by Crippen LogP contribution is 2.35. The van der Waals surface area contributed by atoms with Crippen molar-refractivity contribution in [2.24, 2.45) is 7.05 Å². The lowest BCUT2D eigenvalue weighted by Crippen LogP contribution is -2.26. The summed E-state index contributed by atoms with van der Waals surface area (Å²) in [6.45, 7) is 1.52. The van der Waals surface area contributed by atoms with Gasteiger partial charge in [0.2, 0.25) is 15.9 Å². The van der Waals surface area contributed by atoms with Gasteiger partial charge in [-0.05, 0) is 50.1 Å². The lowest BCUT2D eigenvalue weighted by Gasteiger charge is -2.15. The number of sulfonamides is 1.